The van der Waals surface area contributed by atoms with Crippen LogP contribution in [0.4, 0.5) is 17.6 Å². The molecule has 0 aromatic heterocycles. The predicted molar refractivity (Wildman–Crippen MR) is 42.9 cm³/mol. The summed E-state index contributed by atoms with van der Waals surface area (Å²) in [6.45, 7) is 0. The first-order valence-corrected chi connectivity index (χ1v) is 3.87. The molecule has 0 amide bonds. The van der Waals surface area contributed by atoms with Crippen molar-refractivity contribution in [2.75, 3.05) is 0 Å². The van der Waals surface area contributed by atoms with E-state index in [1.165, 1.54) is 0 Å². The van der Waals surface area contributed by atoms with Gasteiger partial charge in [0.25, 0.3) is 0 Å². The number of aliphatic carboxylic acids is 1. The maximum absolute atomic E-state index is 12.9. The highest BCUT2D eigenvalue weighted by atomic mass is 19.4. The highest BCUT2D eigenvalue weighted by molar-refractivity contribution is 5.74. The molecular formula is C9H6F4O2. The Labute approximate surface area is 82.1 Å². The van der Waals surface area contributed by atoms with E-state index in [1.54, 1.807) is 0 Å². The molecule has 0 bridgehead atoms. The summed E-state index contributed by atoms with van der Waals surface area (Å²) < 4.78 is 49.9. The third kappa shape index (κ3) is 2.45. The van der Waals surface area contributed by atoms with Crippen LogP contribution in [0, 0.1) is 0 Å². The molecule has 0 aliphatic carbocycles. The van der Waals surface area contributed by atoms with E-state index >= 15 is 0 Å². The van der Waals surface area contributed by atoms with E-state index in [0.29, 0.717) is 6.07 Å². The van der Waals surface area contributed by atoms with E-state index in [2.05, 4.69) is 0 Å². The molecule has 2 nitrogen and oxygen atoms in total. The number of rotatable bonds is 2. The molecule has 0 aliphatic rings. The number of hydrogen-bond donors (Lipinski definition) is 1. The van der Waals surface area contributed by atoms with Crippen molar-refractivity contribution in [2.24, 2.45) is 0 Å². The van der Waals surface area contributed by atoms with Crippen LogP contribution >= 0.6 is 0 Å². The predicted octanol–water partition coefficient (Wildman–Crippen LogP) is 2.80. The smallest absolute Gasteiger partial charge is 0.416 e. The minimum atomic E-state index is -4.75. The van der Waals surface area contributed by atoms with Gasteiger partial charge in [-0.25, -0.2) is 9.18 Å². The van der Waals surface area contributed by atoms with E-state index in [-0.39, 0.29) is 0 Å². The summed E-state index contributed by atoms with van der Waals surface area (Å²) in [5.74, 6) is -1.94. The summed E-state index contributed by atoms with van der Waals surface area (Å²) in [6, 6.07) is 3.67. The van der Waals surface area contributed by atoms with Crippen LogP contribution in [0.2, 0.25) is 0 Å². The molecule has 1 atom stereocenters. The monoisotopic (exact) mass is 222 g/mol. The van der Waals surface area contributed by atoms with Gasteiger partial charge in [0.05, 0.1) is 5.56 Å². The Morgan fingerprint density at radius 2 is 1.80 bits per heavy atom. The number of hydrogen-bond acceptors (Lipinski definition) is 1. The quantitative estimate of drug-likeness (QED) is 0.781. The summed E-state index contributed by atoms with van der Waals surface area (Å²) >= 11 is 0. The molecule has 1 aromatic rings. The van der Waals surface area contributed by atoms with Gasteiger partial charge in [0, 0.05) is 5.56 Å². The maximum atomic E-state index is 12.9. The fourth-order valence-corrected chi connectivity index (χ4v) is 1.11. The second-order valence-electron chi connectivity index (χ2n) is 2.79. The second kappa shape index (κ2) is 3.88. The van der Waals surface area contributed by atoms with Crippen molar-refractivity contribution < 1.29 is 27.5 Å². The average molecular weight is 222 g/mol. The summed E-state index contributed by atoms with van der Waals surface area (Å²) in [7, 11) is 0. The Morgan fingerprint density at radius 3 is 2.27 bits per heavy atom. The normalized spacial score (nSPS) is 13.6. The van der Waals surface area contributed by atoms with Gasteiger partial charge in [0.2, 0.25) is 6.17 Å². The SMILES string of the molecule is O=C(O)[C@@H](F)c1ccccc1C(F)(F)F. The summed E-state index contributed by atoms with van der Waals surface area (Å²) in [5.41, 5.74) is -2.14. The van der Waals surface area contributed by atoms with Gasteiger partial charge in [-0.05, 0) is 6.07 Å². The first-order valence-electron chi connectivity index (χ1n) is 3.87. The standard InChI is InChI=1S/C9H6F4O2/c10-7(8(14)15)5-3-1-2-4-6(5)9(11,12)13/h1-4,7H,(H,14,15)/t7-/m0/s1. The fraction of sp³-hybridized carbons (Fsp3) is 0.222. The number of carboxylic acids is 1. The topological polar surface area (TPSA) is 37.3 Å². The Bertz CT molecular complexity index is 373. The van der Waals surface area contributed by atoms with E-state index in [0.717, 1.165) is 18.2 Å². The molecule has 0 fully saturated rings. The van der Waals surface area contributed by atoms with Crippen LogP contribution in [-0.4, -0.2) is 11.1 Å². The molecule has 82 valence electrons. The second-order valence-corrected chi connectivity index (χ2v) is 2.79. The number of benzene rings is 1. The summed E-state index contributed by atoms with van der Waals surface area (Å²) in [4.78, 5) is 10.2. The van der Waals surface area contributed by atoms with Crippen molar-refractivity contribution in [2.45, 2.75) is 12.3 Å². The lowest BCUT2D eigenvalue weighted by Gasteiger charge is -2.13. The molecule has 1 rings (SSSR count). The van der Waals surface area contributed by atoms with Crippen molar-refractivity contribution in [3.05, 3.63) is 35.4 Å². The number of carboxylic acid groups (broad SMARTS) is 1. The lowest BCUT2D eigenvalue weighted by atomic mass is 10.0. The van der Waals surface area contributed by atoms with Gasteiger partial charge in [-0.15, -0.1) is 0 Å². The minimum absolute atomic E-state index is 0.644. The molecule has 0 radical (unpaired) electrons. The van der Waals surface area contributed by atoms with Crippen LogP contribution in [0.25, 0.3) is 0 Å². The third-order valence-electron chi connectivity index (χ3n) is 1.76. The Hall–Kier alpha value is -1.59. The first-order chi connectivity index (χ1) is 6.84. The van der Waals surface area contributed by atoms with Gasteiger partial charge in [-0.3, -0.25) is 0 Å². The average Bonchev–Trinajstić information content (AvgIpc) is 2.15. The van der Waals surface area contributed by atoms with Gasteiger partial charge in [-0.2, -0.15) is 13.2 Å². The highest BCUT2D eigenvalue weighted by Gasteiger charge is 2.36. The Balaban J connectivity index is 3.24. The van der Waals surface area contributed by atoms with E-state index in [1.807, 2.05) is 0 Å². The molecular weight excluding hydrogens is 216 g/mol. The molecule has 0 spiro atoms. The van der Waals surface area contributed by atoms with Crippen molar-refractivity contribution in [3.63, 3.8) is 0 Å². The summed E-state index contributed by atoms with van der Waals surface area (Å²) in [6.07, 6.45) is -7.42. The first kappa shape index (κ1) is 11.5. The molecule has 0 saturated heterocycles. The number of halogens is 4. The number of alkyl halides is 4. The lowest BCUT2D eigenvalue weighted by Crippen LogP contribution is -2.14. The Kier molecular flexibility index (Phi) is 2.97. The van der Waals surface area contributed by atoms with Crippen LogP contribution in [0.1, 0.15) is 17.3 Å². The molecule has 0 unspecified atom stereocenters. The van der Waals surface area contributed by atoms with Crippen molar-refractivity contribution in [1.29, 1.82) is 0 Å². The zero-order valence-electron chi connectivity index (χ0n) is 7.25. The van der Waals surface area contributed by atoms with Crippen LogP contribution in [0.15, 0.2) is 24.3 Å². The molecule has 0 heterocycles. The molecule has 15 heavy (non-hydrogen) atoms. The number of carbonyl (C=O) groups is 1. The molecule has 1 N–H and O–H groups in total. The minimum Gasteiger partial charge on any atom is -0.479 e. The molecule has 0 aliphatic heterocycles. The summed E-state index contributed by atoms with van der Waals surface area (Å²) in [5, 5.41) is 8.28. The van der Waals surface area contributed by atoms with Gasteiger partial charge < -0.3 is 5.11 Å². The van der Waals surface area contributed by atoms with Gasteiger partial charge >= 0.3 is 12.1 Å². The van der Waals surface area contributed by atoms with Gasteiger partial charge in [0.15, 0.2) is 0 Å². The zero-order chi connectivity index (χ0) is 11.6. The van der Waals surface area contributed by atoms with Crippen LogP contribution in [0.5, 0.6) is 0 Å². The van der Waals surface area contributed by atoms with Crippen molar-refractivity contribution in [1.82, 2.24) is 0 Å². The van der Waals surface area contributed by atoms with Gasteiger partial charge in [0.1, 0.15) is 0 Å². The van der Waals surface area contributed by atoms with Crippen LogP contribution in [-0.2, 0) is 11.0 Å². The largest absolute Gasteiger partial charge is 0.479 e. The molecule has 6 heteroatoms. The maximum Gasteiger partial charge on any atom is 0.416 e. The molecule has 0 saturated carbocycles. The third-order valence-corrected chi connectivity index (χ3v) is 1.76. The van der Waals surface area contributed by atoms with E-state index in [4.69, 9.17) is 5.11 Å². The van der Waals surface area contributed by atoms with Crippen molar-refractivity contribution in [3.8, 4) is 0 Å². The van der Waals surface area contributed by atoms with E-state index < -0.39 is 29.4 Å². The van der Waals surface area contributed by atoms with Gasteiger partial charge in [-0.1, -0.05) is 18.2 Å². The van der Waals surface area contributed by atoms with Crippen LogP contribution in [0.3, 0.4) is 0 Å². The highest BCUT2D eigenvalue weighted by Crippen LogP contribution is 2.35. The zero-order valence-corrected chi connectivity index (χ0v) is 7.25. The Morgan fingerprint density at radius 1 is 1.27 bits per heavy atom. The lowest BCUT2D eigenvalue weighted by molar-refractivity contribution is -0.145. The molecule has 1 aromatic carbocycles. The van der Waals surface area contributed by atoms with E-state index in [9.17, 15) is 22.4 Å². The van der Waals surface area contributed by atoms with Crippen LogP contribution < -0.4 is 0 Å². The fourth-order valence-electron chi connectivity index (χ4n) is 1.11. The van der Waals surface area contributed by atoms with Crippen molar-refractivity contribution >= 4 is 5.97 Å².